The summed E-state index contributed by atoms with van der Waals surface area (Å²) in [7, 11) is 3.51. The largest absolute Gasteiger partial charge is 0.496 e. The van der Waals surface area contributed by atoms with E-state index in [2.05, 4.69) is 109 Å². The summed E-state index contributed by atoms with van der Waals surface area (Å²) in [4.78, 5) is 0. The molecule has 0 heterocycles. The van der Waals surface area contributed by atoms with Gasteiger partial charge in [-0.1, -0.05) is 91.0 Å². The molecule has 0 saturated carbocycles. The second-order valence-corrected chi connectivity index (χ2v) is 9.96. The van der Waals surface area contributed by atoms with E-state index >= 15 is 0 Å². The lowest BCUT2D eigenvalue weighted by Crippen LogP contribution is -1.94. The minimum Gasteiger partial charge on any atom is -0.496 e. The molecule has 1 aliphatic rings. The second-order valence-electron chi connectivity index (χ2n) is 9.96. The topological polar surface area (TPSA) is 18.5 Å². The van der Waals surface area contributed by atoms with Crippen LogP contribution in [0.1, 0.15) is 0 Å². The van der Waals surface area contributed by atoms with Gasteiger partial charge in [-0.15, -0.1) is 0 Å². The van der Waals surface area contributed by atoms with E-state index in [1.165, 1.54) is 65.7 Å². The molecule has 38 heavy (non-hydrogen) atoms. The number of methoxy groups -OCH3 is 2. The number of benzene rings is 7. The van der Waals surface area contributed by atoms with Crippen LogP contribution in [0.25, 0.3) is 76.5 Å². The Bertz CT molecular complexity index is 2100. The van der Waals surface area contributed by atoms with E-state index < -0.39 is 0 Å². The van der Waals surface area contributed by atoms with Gasteiger partial charge < -0.3 is 9.47 Å². The van der Waals surface area contributed by atoms with Crippen molar-refractivity contribution in [2.45, 2.75) is 0 Å². The third kappa shape index (κ3) is 2.72. The maximum Gasteiger partial charge on any atom is 0.127 e. The molecule has 2 heteroatoms. The molecule has 0 aliphatic heterocycles. The van der Waals surface area contributed by atoms with Crippen LogP contribution in [0.4, 0.5) is 0 Å². The smallest absolute Gasteiger partial charge is 0.127 e. The summed E-state index contributed by atoms with van der Waals surface area (Å²) in [6, 6.07) is 39.4. The van der Waals surface area contributed by atoms with Crippen LogP contribution in [-0.2, 0) is 0 Å². The zero-order chi connectivity index (χ0) is 25.4. The van der Waals surface area contributed by atoms with Crippen molar-refractivity contribution < 1.29 is 9.47 Å². The molecule has 0 N–H and O–H groups in total. The molecular formula is C36H24O2. The monoisotopic (exact) mass is 488 g/mol. The van der Waals surface area contributed by atoms with Crippen LogP contribution >= 0.6 is 0 Å². The molecule has 2 nitrogen and oxygen atoms in total. The maximum atomic E-state index is 5.97. The van der Waals surface area contributed by atoms with Gasteiger partial charge in [0, 0.05) is 10.8 Å². The Hall–Kier alpha value is -4.82. The molecule has 0 atom stereocenters. The quantitative estimate of drug-likeness (QED) is 0.231. The Morgan fingerprint density at radius 3 is 1.79 bits per heavy atom. The van der Waals surface area contributed by atoms with Crippen LogP contribution in [0, 0.1) is 0 Å². The fourth-order valence-electron chi connectivity index (χ4n) is 6.59. The first kappa shape index (κ1) is 21.3. The minimum absolute atomic E-state index is 0.884. The zero-order valence-corrected chi connectivity index (χ0v) is 21.2. The number of fused-ring (bicyclic) bond motifs is 7. The number of hydrogen-bond acceptors (Lipinski definition) is 2. The van der Waals surface area contributed by atoms with Gasteiger partial charge in [-0.2, -0.15) is 0 Å². The lowest BCUT2D eigenvalue weighted by Gasteiger charge is -2.20. The number of ether oxygens (including phenoxy) is 2. The molecule has 7 aromatic rings. The Kier molecular flexibility index (Phi) is 4.39. The summed E-state index contributed by atoms with van der Waals surface area (Å²) < 4.78 is 11.7. The van der Waals surface area contributed by atoms with Gasteiger partial charge in [0.2, 0.25) is 0 Å². The molecule has 0 radical (unpaired) electrons. The average molecular weight is 489 g/mol. The van der Waals surface area contributed by atoms with Crippen molar-refractivity contribution in [1.82, 2.24) is 0 Å². The van der Waals surface area contributed by atoms with Crippen molar-refractivity contribution in [3.63, 3.8) is 0 Å². The van der Waals surface area contributed by atoms with Gasteiger partial charge in [0.15, 0.2) is 0 Å². The van der Waals surface area contributed by atoms with Gasteiger partial charge in [0.05, 0.1) is 14.2 Å². The standard InChI is InChI=1S/C36H24O2/c1-37-32-18-17-27(22-11-3-5-13-24(22)32)35-31-20-33(38-2)25-14-6-4-12-23(25)29(31)19-30-26-15-7-9-21-10-8-16-28(34(21)26)36(30)35/h3-20H,1-2H3. The van der Waals surface area contributed by atoms with Crippen molar-refractivity contribution in [2.75, 3.05) is 14.2 Å². The lowest BCUT2D eigenvalue weighted by molar-refractivity contribution is 0.420. The minimum atomic E-state index is 0.884. The Labute approximate surface area is 220 Å². The van der Waals surface area contributed by atoms with E-state index in [4.69, 9.17) is 9.47 Å². The molecule has 0 saturated heterocycles. The van der Waals surface area contributed by atoms with Crippen molar-refractivity contribution in [1.29, 1.82) is 0 Å². The van der Waals surface area contributed by atoms with Crippen LogP contribution in [0.3, 0.4) is 0 Å². The van der Waals surface area contributed by atoms with Gasteiger partial charge in [-0.05, 0) is 83.9 Å². The number of hydrogen-bond donors (Lipinski definition) is 0. The van der Waals surface area contributed by atoms with E-state index in [9.17, 15) is 0 Å². The fourth-order valence-corrected chi connectivity index (χ4v) is 6.59. The summed E-state index contributed by atoms with van der Waals surface area (Å²) in [5.74, 6) is 1.77. The normalized spacial score (nSPS) is 11.9. The molecule has 0 amide bonds. The van der Waals surface area contributed by atoms with E-state index in [1.807, 2.05) is 0 Å². The van der Waals surface area contributed by atoms with Crippen LogP contribution in [-0.4, -0.2) is 14.2 Å². The highest BCUT2D eigenvalue weighted by Gasteiger charge is 2.28. The lowest BCUT2D eigenvalue weighted by atomic mass is 9.84. The third-order valence-corrected chi connectivity index (χ3v) is 8.18. The van der Waals surface area contributed by atoms with Crippen molar-refractivity contribution in [2.24, 2.45) is 0 Å². The molecule has 0 aromatic heterocycles. The summed E-state index contributed by atoms with van der Waals surface area (Å²) in [6.45, 7) is 0. The average Bonchev–Trinajstić information content (AvgIpc) is 3.30. The van der Waals surface area contributed by atoms with Crippen molar-refractivity contribution in [3.8, 4) is 44.9 Å². The van der Waals surface area contributed by atoms with Gasteiger partial charge in [0.1, 0.15) is 11.5 Å². The van der Waals surface area contributed by atoms with Crippen molar-refractivity contribution in [3.05, 3.63) is 109 Å². The summed E-state index contributed by atoms with van der Waals surface area (Å²) in [5.41, 5.74) is 7.60. The van der Waals surface area contributed by atoms with E-state index in [-0.39, 0.29) is 0 Å². The predicted octanol–water partition coefficient (Wildman–Crippen LogP) is 9.63. The highest BCUT2D eigenvalue weighted by atomic mass is 16.5. The molecule has 180 valence electrons. The summed E-state index contributed by atoms with van der Waals surface area (Å²) >= 11 is 0. The van der Waals surface area contributed by atoms with E-state index in [0.717, 1.165) is 22.3 Å². The SMILES string of the molecule is COc1ccc(-c2c3c(cc4c2cc(OC)c2ccccc24)-c2cccc4cccc-3c24)c2ccccc12. The van der Waals surface area contributed by atoms with Gasteiger partial charge in [0.25, 0.3) is 0 Å². The van der Waals surface area contributed by atoms with Crippen LogP contribution in [0.5, 0.6) is 11.5 Å². The molecule has 7 aromatic carbocycles. The molecule has 0 spiro atoms. The fraction of sp³-hybridized carbons (Fsp3) is 0.0556. The van der Waals surface area contributed by atoms with Crippen LogP contribution < -0.4 is 9.47 Å². The van der Waals surface area contributed by atoms with Crippen LogP contribution in [0.15, 0.2) is 109 Å². The first-order valence-electron chi connectivity index (χ1n) is 12.9. The Morgan fingerprint density at radius 2 is 1.05 bits per heavy atom. The molecule has 0 unspecified atom stereocenters. The summed E-state index contributed by atoms with van der Waals surface area (Å²) in [5, 5.41) is 9.65. The maximum absolute atomic E-state index is 5.97. The third-order valence-electron chi connectivity index (χ3n) is 8.18. The highest BCUT2D eigenvalue weighted by molar-refractivity contribution is 6.27. The van der Waals surface area contributed by atoms with Crippen LogP contribution in [0.2, 0.25) is 0 Å². The first-order valence-corrected chi connectivity index (χ1v) is 12.9. The Balaban J connectivity index is 1.65. The van der Waals surface area contributed by atoms with Gasteiger partial charge >= 0.3 is 0 Å². The second kappa shape index (κ2) is 7.84. The van der Waals surface area contributed by atoms with Gasteiger partial charge in [-0.3, -0.25) is 0 Å². The van der Waals surface area contributed by atoms with E-state index in [1.54, 1.807) is 14.2 Å². The predicted molar refractivity (Wildman–Crippen MR) is 159 cm³/mol. The molecule has 1 aliphatic carbocycles. The highest BCUT2D eigenvalue weighted by Crippen LogP contribution is 2.55. The molecule has 0 bridgehead atoms. The Morgan fingerprint density at radius 1 is 0.395 bits per heavy atom. The van der Waals surface area contributed by atoms with Crippen molar-refractivity contribution >= 4 is 43.1 Å². The zero-order valence-electron chi connectivity index (χ0n) is 21.2. The van der Waals surface area contributed by atoms with Gasteiger partial charge in [-0.25, -0.2) is 0 Å². The molecular weight excluding hydrogens is 464 g/mol. The first-order chi connectivity index (χ1) is 18.8. The number of rotatable bonds is 3. The molecule has 0 fully saturated rings. The van der Waals surface area contributed by atoms with E-state index in [0.29, 0.717) is 0 Å². The molecule has 8 rings (SSSR count). The summed E-state index contributed by atoms with van der Waals surface area (Å²) in [6.07, 6.45) is 0.